The highest BCUT2D eigenvalue weighted by Gasteiger charge is 2.16. The van der Waals surface area contributed by atoms with Crippen LogP contribution in [-0.2, 0) is 11.3 Å². The van der Waals surface area contributed by atoms with E-state index in [9.17, 15) is 4.79 Å². The number of aldehydes is 1. The van der Waals surface area contributed by atoms with Crippen molar-refractivity contribution in [3.63, 3.8) is 0 Å². The van der Waals surface area contributed by atoms with Gasteiger partial charge in [-0.25, -0.2) is 0 Å². The molecule has 1 atom stereocenters. The van der Waals surface area contributed by atoms with Crippen LogP contribution in [0.3, 0.4) is 0 Å². The largest absolute Gasteiger partial charge is 0.497 e. The van der Waals surface area contributed by atoms with E-state index >= 15 is 0 Å². The molecule has 3 heteroatoms. The Morgan fingerprint density at radius 2 is 1.17 bits per heavy atom. The Kier molecular flexibility index (Phi) is 8.29. The van der Waals surface area contributed by atoms with Crippen molar-refractivity contribution in [1.82, 2.24) is 0 Å². The van der Waals surface area contributed by atoms with Gasteiger partial charge >= 0.3 is 0 Å². The molecule has 0 aliphatic carbocycles. The Morgan fingerprint density at radius 3 is 1.79 bits per heavy atom. The van der Waals surface area contributed by atoms with E-state index in [0.717, 1.165) is 34.5 Å². The molecule has 7 rings (SSSR count). The van der Waals surface area contributed by atoms with Gasteiger partial charge in [0.2, 0.25) is 0 Å². The number of fused-ring (bicyclic) bond motifs is 3. The lowest BCUT2D eigenvalue weighted by atomic mass is 9.93. The number of benzene rings is 7. The molecule has 0 aromatic heterocycles. The second kappa shape index (κ2) is 13.0. The predicted molar refractivity (Wildman–Crippen MR) is 197 cm³/mol. The van der Waals surface area contributed by atoms with Crippen molar-refractivity contribution in [2.24, 2.45) is 0 Å². The molecule has 0 saturated heterocycles. The zero-order valence-corrected chi connectivity index (χ0v) is 27.0. The minimum atomic E-state index is 0.161. The third-order valence-electron chi connectivity index (χ3n) is 9.07. The third-order valence-corrected chi connectivity index (χ3v) is 9.07. The fraction of sp³-hybridized carbons (Fsp3) is 0.114. The first kappa shape index (κ1) is 30.0. The molecule has 0 N–H and O–H groups in total. The molecule has 7 aromatic rings. The van der Waals surface area contributed by atoms with E-state index in [1.54, 1.807) is 6.26 Å². The third kappa shape index (κ3) is 6.25. The fourth-order valence-electron chi connectivity index (χ4n) is 6.51. The summed E-state index contributed by atoms with van der Waals surface area (Å²) in [5, 5.41) is 7.28. The Balaban J connectivity index is 1.20. The summed E-state index contributed by atoms with van der Waals surface area (Å²) in [7, 11) is 0. The highest BCUT2D eigenvalue weighted by atomic mass is 16.5. The fourth-order valence-corrected chi connectivity index (χ4v) is 6.51. The first-order valence-electron chi connectivity index (χ1n) is 16.1. The highest BCUT2D eigenvalue weighted by molar-refractivity contribution is 5.95. The maximum Gasteiger partial charge on any atom is 0.150 e. The lowest BCUT2D eigenvalue weighted by Gasteiger charge is -2.27. The Hall–Kier alpha value is -5.67. The molecule has 0 aliphatic rings. The number of hydrogen-bond acceptors (Lipinski definition) is 3. The van der Waals surface area contributed by atoms with Gasteiger partial charge in [0.15, 0.2) is 0 Å². The number of rotatable bonds is 9. The molecule has 7 aromatic carbocycles. The van der Waals surface area contributed by atoms with Crippen molar-refractivity contribution in [3.05, 3.63) is 174 Å². The molecule has 0 fully saturated rings. The van der Waals surface area contributed by atoms with Crippen LogP contribution in [0.2, 0.25) is 0 Å². The van der Waals surface area contributed by atoms with Gasteiger partial charge in [-0.3, -0.25) is 4.79 Å². The average molecular weight is 612 g/mol. The van der Waals surface area contributed by atoms with Gasteiger partial charge in [0.25, 0.3) is 0 Å². The molecular formula is C44H37NO2. The van der Waals surface area contributed by atoms with E-state index in [2.05, 4.69) is 140 Å². The van der Waals surface area contributed by atoms with Gasteiger partial charge in [-0.05, 0) is 105 Å². The number of anilines is 3. The van der Waals surface area contributed by atoms with Crippen LogP contribution in [0.4, 0.5) is 17.1 Å². The summed E-state index contributed by atoms with van der Waals surface area (Å²) in [6.07, 6.45) is 4.73. The van der Waals surface area contributed by atoms with Crippen molar-refractivity contribution < 1.29 is 9.53 Å². The first-order valence-corrected chi connectivity index (χ1v) is 16.1. The van der Waals surface area contributed by atoms with E-state index in [1.165, 1.54) is 43.4 Å². The number of carbonyl (C=O) groups is 1. The quantitative estimate of drug-likeness (QED) is 0.120. The van der Waals surface area contributed by atoms with E-state index in [0.29, 0.717) is 12.2 Å². The van der Waals surface area contributed by atoms with Crippen LogP contribution >= 0.6 is 0 Å². The Labute approximate surface area is 276 Å². The van der Waals surface area contributed by atoms with Gasteiger partial charge in [0.1, 0.15) is 12.9 Å². The zero-order valence-electron chi connectivity index (χ0n) is 27.0. The minimum Gasteiger partial charge on any atom is -0.497 e. The second-order valence-electron chi connectivity index (χ2n) is 12.4. The summed E-state index contributed by atoms with van der Waals surface area (Å²) in [6, 6.07) is 47.6. The molecule has 0 radical (unpaired) electrons. The molecule has 1 unspecified atom stereocenters. The zero-order chi connectivity index (χ0) is 32.3. The highest BCUT2D eigenvalue weighted by Crippen LogP contribution is 2.39. The molecule has 0 amide bonds. The molecule has 47 heavy (non-hydrogen) atoms. The number of aryl methyl sites for hydroxylation is 2. The van der Waals surface area contributed by atoms with E-state index in [-0.39, 0.29) is 5.92 Å². The maximum absolute atomic E-state index is 11.4. The number of hydrogen-bond donors (Lipinski definition) is 0. The lowest BCUT2D eigenvalue weighted by molar-refractivity contribution is 0.112. The number of carbonyl (C=O) groups excluding carboxylic acids is 1. The summed E-state index contributed by atoms with van der Waals surface area (Å²) in [5.41, 5.74) is 8.53. The van der Waals surface area contributed by atoms with Gasteiger partial charge in [-0.15, -0.1) is 0 Å². The van der Waals surface area contributed by atoms with Crippen LogP contribution in [0.25, 0.3) is 32.3 Å². The molecular weight excluding hydrogens is 574 g/mol. The van der Waals surface area contributed by atoms with Gasteiger partial charge < -0.3 is 9.64 Å². The number of allylic oxidation sites excluding steroid dienone is 1. The average Bonchev–Trinajstić information content (AvgIpc) is 3.10. The summed E-state index contributed by atoms with van der Waals surface area (Å²) in [6.45, 7) is 6.75. The van der Waals surface area contributed by atoms with Crippen molar-refractivity contribution in [2.75, 3.05) is 4.90 Å². The molecule has 0 bridgehead atoms. The van der Waals surface area contributed by atoms with Crippen LogP contribution in [0.5, 0.6) is 0 Å². The molecule has 3 nitrogen and oxygen atoms in total. The van der Waals surface area contributed by atoms with Crippen LogP contribution in [-0.4, -0.2) is 6.29 Å². The van der Waals surface area contributed by atoms with Crippen molar-refractivity contribution >= 4 is 55.7 Å². The van der Waals surface area contributed by atoms with Crippen LogP contribution < -0.4 is 4.90 Å². The van der Waals surface area contributed by atoms with Gasteiger partial charge in [-0.1, -0.05) is 110 Å². The topological polar surface area (TPSA) is 29.5 Å². The Morgan fingerprint density at radius 1 is 0.617 bits per heavy atom. The first-order chi connectivity index (χ1) is 23.0. The van der Waals surface area contributed by atoms with Crippen LogP contribution in [0.1, 0.15) is 45.5 Å². The summed E-state index contributed by atoms with van der Waals surface area (Å²) in [5.74, 6) is 0.161. The molecule has 0 heterocycles. The smallest absolute Gasteiger partial charge is 0.150 e. The van der Waals surface area contributed by atoms with Gasteiger partial charge in [-0.2, -0.15) is 0 Å². The van der Waals surface area contributed by atoms with Gasteiger partial charge in [0.05, 0.1) is 6.26 Å². The van der Waals surface area contributed by atoms with Crippen molar-refractivity contribution in [3.8, 4) is 0 Å². The minimum absolute atomic E-state index is 0.161. The number of nitrogens with zero attached hydrogens (tertiary/aromatic N) is 1. The van der Waals surface area contributed by atoms with E-state index < -0.39 is 0 Å². The monoisotopic (exact) mass is 611 g/mol. The van der Waals surface area contributed by atoms with Crippen molar-refractivity contribution in [2.45, 2.75) is 33.3 Å². The SMILES string of the molecule is Cc1ccc(C=O)c(COC=CC(C)c2cc3ccc(N(c4ccc5ccccc5c4)c4ccc5ccccc5c4)cc3cc2C)c1. The normalized spacial score (nSPS) is 12.1. The van der Waals surface area contributed by atoms with Crippen molar-refractivity contribution in [1.29, 1.82) is 0 Å². The van der Waals surface area contributed by atoms with E-state index in [1.807, 2.05) is 25.1 Å². The summed E-state index contributed by atoms with van der Waals surface area (Å²) < 4.78 is 5.87. The van der Waals surface area contributed by atoms with Crippen LogP contribution in [0, 0.1) is 13.8 Å². The number of ether oxygens (including phenoxy) is 1. The van der Waals surface area contributed by atoms with Gasteiger partial charge in [0, 0.05) is 28.5 Å². The summed E-state index contributed by atoms with van der Waals surface area (Å²) >= 11 is 0. The Bertz CT molecular complexity index is 2200. The second-order valence-corrected chi connectivity index (χ2v) is 12.4. The molecule has 230 valence electrons. The molecule has 0 aliphatic heterocycles. The van der Waals surface area contributed by atoms with Crippen LogP contribution in [0.15, 0.2) is 146 Å². The molecule has 0 spiro atoms. The maximum atomic E-state index is 11.4. The lowest BCUT2D eigenvalue weighted by Crippen LogP contribution is -2.10. The standard InChI is InChI=1S/C44H37NO2/c1-30-12-13-38(28-46)40(22-30)29-47-21-20-31(2)44-27-37-16-19-43(26-39(37)23-32(44)3)45(41-17-14-33-8-4-6-10-35(33)24-41)42-18-15-34-9-5-7-11-36(34)25-42/h4-28,31H,29H2,1-3H3. The predicted octanol–water partition coefficient (Wildman–Crippen LogP) is 11.9. The molecule has 0 saturated carbocycles. The summed E-state index contributed by atoms with van der Waals surface area (Å²) in [4.78, 5) is 13.8. The van der Waals surface area contributed by atoms with E-state index in [4.69, 9.17) is 4.74 Å².